The van der Waals surface area contributed by atoms with E-state index in [9.17, 15) is 14.7 Å². The molecule has 8 nitrogen and oxygen atoms in total. The number of amides is 2. The van der Waals surface area contributed by atoms with Gasteiger partial charge in [-0.2, -0.15) is 0 Å². The number of aliphatic hydroxyl groups is 2. The summed E-state index contributed by atoms with van der Waals surface area (Å²) >= 11 is 0. The number of rotatable bonds is 5. The summed E-state index contributed by atoms with van der Waals surface area (Å²) < 4.78 is 5.60. The third-order valence-electron chi connectivity index (χ3n) is 6.95. The Labute approximate surface area is 203 Å². The largest absolute Gasteiger partial charge is 0.394 e. The van der Waals surface area contributed by atoms with Crippen molar-refractivity contribution in [2.75, 3.05) is 51.4 Å². The van der Waals surface area contributed by atoms with Crippen LogP contribution >= 0.6 is 0 Å². The number of nitrogens with zero attached hydrogens (tertiary/aromatic N) is 3. The van der Waals surface area contributed by atoms with Crippen molar-refractivity contribution in [2.24, 2.45) is 0 Å². The zero-order valence-corrected chi connectivity index (χ0v) is 20.7. The highest BCUT2D eigenvalue weighted by Crippen LogP contribution is 2.28. The van der Waals surface area contributed by atoms with E-state index in [0.29, 0.717) is 24.7 Å². The first-order valence-corrected chi connectivity index (χ1v) is 12.7. The zero-order chi connectivity index (χ0) is 24.5. The summed E-state index contributed by atoms with van der Waals surface area (Å²) in [6.45, 7) is 5.15. The molecule has 0 bridgehead atoms. The molecular weight excluding hydrogens is 434 g/mol. The van der Waals surface area contributed by atoms with Gasteiger partial charge in [-0.25, -0.2) is 0 Å². The number of carbonyl (C=O) groups is 2. The minimum Gasteiger partial charge on any atom is -0.394 e. The van der Waals surface area contributed by atoms with Crippen LogP contribution < -0.4 is 4.90 Å². The lowest BCUT2D eigenvalue weighted by molar-refractivity contribution is -0.116. The predicted octanol–water partition coefficient (Wildman–Crippen LogP) is 2.41. The molecule has 190 valence electrons. The van der Waals surface area contributed by atoms with Crippen LogP contribution in [0.25, 0.3) is 0 Å². The fraction of sp³-hybridized carbons (Fsp3) is 0.692. The highest BCUT2D eigenvalue weighted by Gasteiger charge is 2.25. The summed E-state index contributed by atoms with van der Waals surface area (Å²) in [5, 5.41) is 18.9. The Hall–Kier alpha value is -2.00. The number of carbonyl (C=O) groups excluding carboxylic acids is 2. The monoisotopic (exact) mass is 475 g/mol. The molecule has 1 aromatic carbocycles. The van der Waals surface area contributed by atoms with Crippen molar-refractivity contribution >= 4 is 17.5 Å². The van der Waals surface area contributed by atoms with Gasteiger partial charge in [-0.05, 0) is 56.0 Å². The third kappa shape index (κ3) is 7.25. The van der Waals surface area contributed by atoms with Crippen molar-refractivity contribution in [2.45, 2.75) is 70.6 Å². The van der Waals surface area contributed by atoms with Crippen LogP contribution in [0.15, 0.2) is 18.2 Å². The molecule has 2 aliphatic rings. The van der Waals surface area contributed by atoms with E-state index >= 15 is 0 Å². The van der Waals surface area contributed by atoms with Crippen molar-refractivity contribution < 1.29 is 24.5 Å². The molecule has 1 fully saturated rings. The Morgan fingerprint density at radius 3 is 2.47 bits per heavy atom. The van der Waals surface area contributed by atoms with E-state index in [4.69, 9.17) is 9.84 Å². The molecule has 1 atom stereocenters. The maximum absolute atomic E-state index is 13.1. The van der Waals surface area contributed by atoms with Crippen LogP contribution in [0, 0.1) is 0 Å². The number of anilines is 1. The first-order chi connectivity index (χ1) is 16.4. The van der Waals surface area contributed by atoms with E-state index in [1.165, 1.54) is 17.7 Å². The van der Waals surface area contributed by atoms with Crippen LogP contribution in [0.5, 0.6) is 0 Å². The number of benzene rings is 1. The van der Waals surface area contributed by atoms with Crippen molar-refractivity contribution in [1.82, 2.24) is 9.80 Å². The van der Waals surface area contributed by atoms with Gasteiger partial charge in [0.1, 0.15) is 0 Å². The van der Waals surface area contributed by atoms with E-state index in [-0.39, 0.29) is 18.4 Å². The summed E-state index contributed by atoms with van der Waals surface area (Å²) in [7, 11) is 1.62. The van der Waals surface area contributed by atoms with Crippen LogP contribution in [0.1, 0.15) is 67.8 Å². The molecule has 1 aromatic rings. The van der Waals surface area contributed by atoms with E-state index < -0.39 is 12.7 Å². The molecule has 2 amide bonds. The standard InChI is InChI=1S/C26H41N3O5/c1-20(31)29-13-7-5-3-4-6-12-28(23-10-14-34-15-11-23)17-22-16-21(8-9-25(22)29)26(33)27(2)18-24(32)19-30/h8-9,16,23-24,30,32H,3-7,10-15,17-19H2,1-2H3. The van der Waals surface area contributed by atoms with Gasteiger partial charge in [-0.3, -0.25) is 14.5 Å². The Balaban J connectivity index is 1.95. The number of hydrogen-bond acceptors (Lipinski definition) is 6. The molecule has 0 aromatic heterocycles. The average Bonchev–Trinajstić information content (AvgIpc) is 2.83. The van der Waals surface area contributed by atoms with Crippen molar-refractivity contribution in [3.05, 3.63) is 29.3 Å². The number of aliphatic hydroxyl groups excluding tert-OH is 2. The molecule has 1 unspecified atom stereocenters. The number of ether oxygens (including phenoxy) is 1. The van der Waals surface area contributed by atoms with E-state index in [2.05, 4.69) is 4.90 Å². The molecule has 1 saturated heterocycles. The molecule has 0 spiro atoms. The Kier molecular flexibility index (Phi) is 10.3. The van der Waals surface area contributed by atoms with Gasteiger partial charge < -0.3 is 24.7 Å². The molecule has 0 saturated carbocycles. The van der Waals surface area contributed by atoms with Crippen molar-refractivity contribution in [1.29, 1.82) is 0 Å². The molecule has 0 radical (unpaired) electrons. The van der Waals surface area contributed by atoms with Gasteiger partial charge in [-0.1, -0.05) is 19.3 Å². The minimum absolute atomic E-state index is 0.0122. The Morgan fingerprint density at radius 2 is 1.79 bits per heavy atom. The van der Waals surface area contributed by atoms with E-state index in [1.54, 1.807) is 20.0 Å². The second kappa shape index (κ2) is 13.2. The normalized spacial score (nSPS) is 20.1. The molecule has 34 heavy (non-hydrogen) atoms. The lowest BCUT2D eigenvalue weighted by atomic mass is 10.0. The van der Waals surface area contributed by atoms with Crippen LogP contribution in [-0.2, 0) is 16.1 Å². The van der Waals surface area contributed by atoms with Gasteiger partial charge in [0.2, 0.25) is 5.91 Å². The summed E-state index contributed by atoms with van der Waals surface area (Å²) in [4.78, 5) is 31.5. The molecule has 2 N–H and O–H groups in total. The molecule has 8 heteroatoms. The smallest absolute Gasteiger partial charge is 0.253 e. The topological polar surface area (TPSA) is 93.6 Å². The summed E-state index contributed by atoms with van der Waals surface area (Å²) in [6.07, 6.45) is 6.58. The highest BCUT2D eigenvalue weighted by molar-refractivity contribution is 5.97. The summed E-state index contributed by atoms with van der Waals surface area (Å²) in [5.74, 6) is -0.202. The quantitative estimate of drug-likeness (QED) is 0.679. The van der Waals surface area contributed by atoms with Gasteiger partial charge in [0, 0.05) is 64.1 Å². The maximum atomic E-state index is 13.1. The van der Waals surface area contributed by atoms with Gasteiger partial charge in [0.05, 0.1) is 12.7 Å². The first kappa shape index (κ1) is 26.6. The van der Waals surface area contributed by atoms with Crippen molar-refractivity contribution in [3.63, 3.8) is 0 Å². The minimum atomic E-state index is -0.976. The summed E-state index contributed by atoms with van der Waals surface area (Å²) in [6, 6.07) is 6.00. The zero-order valence-electron chi connectivity index (χ0n) is 20.7. The van der Waals surface area contributed by atoms with Crippen LogP contribution in [-0.4, -0.2) is 90.5 Å². The first-order valence-electron chi connectivity index (χ1n) is 12.7. The SMILES string of the molecule is CC(=O)N1CCCCCCCN(C2CCOCC2)Cc2cc(C(=O)N(C)CC(O)CO)ccc21. The average molecular weight is 476 g/mol. The van der Waals surface area contributed by atoms with E-state index in [0.717, 1.165) is 63.1 Å². The number of fused-ring (bicyclic) bond motifs is 1. The van der Waals surface area contributed by atoms with Crippen molar-refractivity contribution in [3.8, 4) is 0 Å². The Morgan fingerprint density at radius 1 is 1.12 bits per heavy atom. The van der Waals surface area contributed by atoms with Gasteiger partial charge in [-0.15, -0.1) is 0 Å². The van der Waals surface area contributed by atoms with E-state index in [1.807, 2.05) is 17.0 Å². The van der Waals surface area contributed by atoms with Gasteiger partial charge in [0.15, 0.2) is 0 Å². The van der Waals surface area contributed by atoms with Crippen LogP contribution in [0.3, 0.4) is 0 Å². The third-order valence-corrected chi connectivity index (χ3v) is 6.95. The lowest BCUT2D eigenvalue weighted by Crippen LogP contribution is -2.40. The number of likely N-dealkylation sites (N-methyl/N-ethyl adjacent to an activating group) is 1. The van der Waals surface area contributed by atoms with Crippen LogP contribution in [0.4, 0.5) is 5.69 Å². The second-order valence-electron chi connectivity index (χ2n) is 9.62. The molecule has 2 heterocycles. The molecule has 0 aliphatic carbocycles. The summed E-state index contributed by atoms with van der Waals surface area (Å²) in [5.41, 5.74) is 2.37. The van der Waals surface area contributed by atoms with Gasteiger partial charge >= 0.3 is 0 Å². The molecule has 2 aliphatic heterocycles. The molecule has 3 rings (SSSR count). The molecular formula is C26H41N3O5. The van der Waals surface area contributed by atoms with Gasteiger partial charge in [0.25, 0.3) is 5.91 Å². The second-order valence-corrected chi connectivity index (χ2v) is 9.62. The Bertz CT molecular complexity index is 812. The highest BCUT2D eigenvalue weighted by atomic mass is 16.5. The number of hydrogen-bond donors (Lipinski definition) is 2. The lowest BCUT2D eigenvalue weighted by Gasteiger charge is -2.36. The fourth-order valence-corrected chi connectivity index (χ4v) is 5.01. The maximum Gasteiger partial charge on any atom is 0.253 e. The fourth-order valence-electron chi connectivity index (χ4n) is 5.01. The van der Waals surface area contributed by atoms with Crippen LogP contribution in [0.2, 0.25) is 0 Å². The predicted molar refractivity (Wildman–Crippen MR) is 132 cm³/mol.